The molecule has 0 aromatic carbocycles. The predicted octanol–water partition coefficient (Wildman–Crippen LogP) is -1.07. The minimum atomic E-state index is -1.38. The molecule has 18 heavy (non-hydrogen) atoms. The van der Waals surface area contributed by atoms with Crippen molar-refractivity contribution in [1.82, 2.24) is 4.90 Å². The molecule has 1 unspecified atom stereocenters. The summed E-state index contributed by atoms with van der Waals surface area (Å²) in [6.45, 7) is 0.716. The highest BCUT2D eigenvalue weighted by Gasteiger charge is 2.49. The first-order valence-electron chi connectivity index (χ1n) is 6.83. The number of likely N-dealkylation sites (tertiary alicyclic amines) is 1. The van der Waals surface area contributed by atoms with E-state index in [1.807, 2.05) is 4.90 Å². The number of hydrogen-bond acceptors (Lipinski definition) is 5. The van der Waals surface area contributed by atoms with Crippen molar-refractivity contribution in [2.24, 2.45) is 23.5 Å². The molecule has 0 radical (unpaired) electrons. The first kappa shape index (κ1) is 12.6. The Morgan fingerprint density at radius 2 is 2.00 bits per heavy atom. The number of rotatable bonds is 3. The van der Waals surface area contributed by atoms with E-state index < -0.39 is 13.3 Å². The fraction of sp³-hybridized carbons (Fsp3) is 0.833. The van der Waals surface area contributed by atoms with Crippen molar-refractivity contribution in [2.75, 3.05) is 6.54 Å². The van der Waals surface area contributed by atoms with Crippen molar-refractivity contribution < 1.29 is 15.2 Å². The molecule has 6 heteroatoms. The number of nitrogens with two attached hydrogens (primary N) is 1. The maximum atomic E-state index is 10.6. The van der Waals surface area contributed by atoms with Gasteiger partial charge in [0, 0.05) is 24.4 Å². The number of allylic oxidation sites excluding steroid dienone is 1. The van der Waals surface area contributed by atoms with Crippen molar-refractivity contribution >= 4 is 7.12 Å². The van der Waals surface area contributed by atoms with Gasteiger partial charge in [-0.25, -0.2) is 0 Å². The molecule has 6 atom stereocenters. The molecule has 1 saturated heterocycles. The van der Waals surface area contributed by atoms with Gasteiger partial charge in [0.2, 0.25) is 0 Å². The summed E-state index contributed by atoms with van der Waals surface area (Å²) >= 11 is 0. The number of nitrogens with zero attached hydrogens (tertiary/aromatic N) is 1. The summed E-state index contributed by atoms with van der Waals surface area (Å²) in [6.07, 6.45) is 6.30. The van der Waals surface area contributed by atoms with E-state index >= 15 is 0 Å². The van der Waals surface area contributed by atoms with Gasteiger partial charge in [0.15, 0.2) is 0 Å². The molecular formula is C12H21BN2O3. The predicted molar refractivity (Wildman–Crippen MR) is 68.1 cm³/mol. The molecule has 1 heterocycles. The Bertz CT molecular complexity index is 352. The van der Waals surface area contributed by atoms with Crippen LogP contribution in [-0.4, -0.2) is 51.9 Å². The van der Waals surface area contributed by atoms with Crippen LogP contribution in [0.15, 0.2) is 12.2 Å². The quantitative estimate of drug-likeness (QED) is 0.379. The summed E-state index contributed by atoms with van der Waals surface area (Å²) in [5.41, 5.74) is 6.19. The van der Waals surface area contributed by atoms with Crippen LogP contribution in [0.1, 0.15) is 19.3 Å². The van der Waals surface area contributed by atoms with Crippen LogP contribution < -0.4 is 5.73 Å². The summed E-state index contributed by atoms with van der Waals surface area (Å²) in [5, 5.41) is 29.3. The van der Waals surface area contributed by atoms with Gasteiger partial charge < -0.3 is 20.9 Å². The monoisotopic (exact) mass is 252 g/mol. The summed E-state index contributed by atoms with van der Waals surface area (Å²) in [4.78, 5) is 1.82. The normalized spacial score (nSPS) is 44.8. The fourth-order valence-electron chi connectivity index (χ4n) is 4.00. The second-order valence-corrected chi connectivity index (χ2v) is 5.88. The van der Waals surface area contributed by atoms with Gasteiger partial charge in [-0.2, -0.15) is 0 Å². The Balaban J connectivity index is 1.74. The molecule has 3 aliphatic rings. The lowest BCUT2D eigenvalue weighted by Crippen LogP contribution is -2.54. The van der Waals surface area contributed by atoms with E-state index in [1.165, 1.54) is 0 Å². The molecule has 2 bridgehead atoms. The second-order valence-electron chi connectivity index (χ2n) is 5.88. The second kappa shape index (κ2) is 4.61. The van der Waals surface area contributed by atoms with Gasteiger partial charge in [-0.1, -0.05) is 12.2 Å². The third kappa shape index (κ3) is 1.83. The van der Waals surface area contributed by atoms with Gasteiger partial charge in [0.25, 0.3) is 0 Å². The van der Waals surface area contributed by atoms with Crippen molar-refractivity contribution in [2.45, 2.75) is 37.5 Å². The van der Waals surface area contributed by atoms with Gasteiger partial charge in [0.05, 0.1) is 0 Å². The zero-order valence-electron chi connectivity index (χ0n) is 10.4. The van der Waals surface area contributed by atoms with E-state index in [9.17, 15) is 15.2 Å². The van der Waals surface area contributed by atoms with E-state index in [0.717, 1.165) is 19.3 Å². The van der Waals surface area contributed by atoms with E-state index in [0.29, 0.717) is 18.4 Å². The summed E-state index contributed by atoms with van der Waals surface area (Å²) in [5.74, 6) is 0.404. The third-order valence-electron chi connectivity index (χ3n) is 4.95. The molecule has 5 N–H and O–H groups in total. The Hall–Kier alpha value is -0.395. The molecule has 0 aromatic rings. The smallest absolute Gasteiger partial charge is 0.426 e. The van der Waals surface area contributed by atoms with E-state index in [2.05, 4.69) is 12.2 Å². The number of aliphatic hydroxyl groups excluding tert-OH is 1. The van der Waals surface area contributed by atoms with Gasteiger partial charge in [-0.3, -0.25) is 4.90 Å². The first-order chi connectivity index (χ1) is 8.59. The number of fused-ring (bicyclic) bond motifs is 2. The zero-order chi connectivity index (χ0) is 12.9. The Morgan fingerprint density at radius 3 is 2.61 bits per heavy atom. The minimum absolute atomic E-state index is 0.00733. The lowest BCUT2D eigenvalue weighted by molar-refractivity contribution is -0.0513. The van der Waals surface area contributed by atoms with Crippen LogP contribution in [0.25, 0.3) is 0 Å². The van der Waals surface area contributed by atoms with E-state index in [-0.39, 0.29) is 17.9 Å². The van der Waals surface area contributed by atoms with Gasteiger partial charge in [-0.15, -0.1) is 0 Å². The Labute approximate surface area is 107 Å². The van der Waals surface area contributed by atoms with Crippen molar-refractivity contribution in [3.63, 3.8) is 0 Å². The molecule has 2 aliphatic carbocycles. The zero-order valence-corrected chi connectivity index (χ0v) is 10.4. The summed E-state index contributed by atoms with van der Waals surface area (Å²) in [7, 11) is -1.38. The van der Waals surface area contributed by atoms with Crippen LogP contribution in [0.4, 0.5) is 0 Å². The highest BCUT2D eigenvalue weighted by molar-refractivity contribution is 6.43. The van der Waals surface area contributed by atoms with E-state index in [4.69, 9.17) is 5.73 Å². The molecule has 5 nitrogen and oxygen atoms in total. The van der Waals surface area contributed by atoms with Crippen LogP contribution in [0.5, 0.6) is 0 Å². The Kier molecular flexibility index (Phi) is 3.24. The largest absolute Gasteiger partial charge is 0.469 e. The molecule has 1 aliphatic heterocycles. The standard InChI is InChI=1S/C12H21BN2O3/c14-11-8-4-3-7(6-8)10(11)12(16)15-5-1-2-9(15)13(17)18/h3-4,7-12,16-18H,1-2,5-6,14H2/t7-,8+,9-,10?,11+,12+/m0/s1. The van der Waals surface area contributed by atoms with Crippen LogP contribution in [0, 0.1) is 17.8 Å². The van der Waals surface area contributed by atoms with Crippen molar-refractivity contribution in [1.29, 1.82) is 0 Å². The minimum Gasteiger partial charge on any atom is -0.426 e. The number of aliphatic hydroxyl groups is 1. The van der Waals surface area contributed by atoms with Crippen molar-refractivity contribution in [3.05, 3.63) is 12.2 Å². The lowest BCUT2D eigenvalue weighted by Gasteiger charge is -2.37. The molecule has 0 aromatic heterocycles. The fourth-order valence-corrected chi connectivity index (χ4v) is 4.00. The number of hydrogen-bond donors (Lipinski definition) is 4. The third-order valence-corrected chi connectivity index (χ3v) is 4.95. The van der Waals surface area contributed by atoms with Crippen molar-refractivity contribution in [3.8, 4) is 0 Å². The van der Waals surface area contributed by atoms with Crippen LogP contribution >= 0.6 is 0 Å². The molecular weight excluding hydrogens is 231 g/mol. The van der Waals surface area contributed by atoms with Crippen LogP contribution in [-0.2, 0) is 0 Å². The van der Waals surface area contributed by atoms with Gasteiger partial charge >= 0.3 is 7.12 Å². The summed E-state index contributed by atoms with van der Waals surface area (Å²) in [6, 6.07) is -0.00733. The van der Waals surface area contributed by atoms with Crippen LogP contribution in [0.2, 0.25) is 0 Å². The topological polar surface area (TPSA) is 90.0 Å². The Morgan fingerprint density at radius 1 is 1.28 bits per heavy atom. The maximum absolute atomic E-state index is 10.6. The average molecular weight is 252 g/mol. The molecule has 3 rings (SSSR count). The maximum Gasteiger partial charge on any atom is 0.469 e. The highest BCUT2D eigenvalue weighted by Crippen LogP contribution is 2.45. The lowest BCUT2D eigenvalue weighted by atomic mass is 9.77. The molecule has 100 valence electrons. The van der Waals surface area contributed by atoms with Gasteiger partial charge in [-0.05, 0) is 31.1 Å². The highest BCUT2D eigenvalue weighted by atomic mass is 16.4. The first-order valence-corrected chi connectivity index (χ1v) is 6.83. The molecule has 0 spiro atoms. The molecule has 2 fully saturated rings. The molecule has 1 saturated carbocycles. The van der Waals surface area contributed by atoms with E-state index in [1.54, 1.807) is 0 Å². The summed E-state index contributed by atoms with van der Waals surface area (Å²) < 4.78 is 0. The molecule has 0 amide bonds. The van der Waals surface area contributed by atoms with Crippen LogP contribution in [0.3, 0.4) is 0 Å². The SMILES string of the molecule is N[C@H]1C([C@@H](O)N2CCC[C@H]2B(O)O)[C@H]2C=C[C@@H]1C2. The van der Waals surface area contributed by atoms with Gasteiger partial charge in [0.1, 0.15) is 6.23 Å². The average Bonchev–Trinajstić information content (AvgIpc) is 3.03.